The van der Waals surface area contributed by atoms with Crippen molar-refractivity contribution in [3.63, 3.8) is 0 Å². The summed E-state index contributed by atoms with van der Waals surface area (Å²) in [5, 5.41) is 0. The normalized spacial score (nSPS) is 11.2. The number of anilines is 2. The molecule has 0 saturated heterocycles. The maximum Gasteiger partial charge on any atom is 0.232 e. The van der Waals surface area contributed by atoms with E-state index in [1.165, 1.54) is 0 Å². The van der Waals surface area contributed by atoms with Crippen LogP contribution < -0.4 is 9.62 Å². The zero-order valence-electron chi connectivity index (χ0n) is 9.90. The summed E-state index contributed by atoms with van der Waals surface area (Å²) < 4.78 is 25.5. The Morgan fingerprint density at radius 1 is 1.19 bits per heavy atom. The van der Waals surface area contributed by atoms with Gasteiger partial charge in [0, 0.05) is 25.5 Å². The third-order valence-corrected chi connectivity index (χ3v) is 3.62. The highest BCUT2D eigenvalue weighted by molar-refractivity contribution is 7.92. The average Bonchev–Trinajstić information content (AvgIpc) is 2.17. The first-order chi connectivity index (χ1) is 7.44. The monoisotopic (exact) mass is 242 g/mol. The van der Waals surface area contributed by atoms with Crippen LogP contribution in [0.25, 0.3) is 0 Å². The number of hydrogen-bond acceptors (Lipinski definition) is 3. The summed E-state index contributed by atoms with van der Waals surface area (Å²) in [7, 11) is 0.700. The van der Waals surface area contributed by atoms with E-state index in [0.717, 1.165) is 5.69 Å². The topological polar surface area (TPSA) is 49.4 Å². The molecule has 0 bridgehead atoms. The lowest BCUT2D eigenvalue weighted by atomic mass is 10.3. The molecule has 0 aliphatic carbocycles. The summed E-state index contributed by atoms with van der Waals surface area (Å²) in [5.74, 6) is 0.155. The van der Waals surface area contributed by atoms with Crippen molar-refractivity contribution in [3.8, 4) is 0 Å². The molecule has 1 rings (SSSR count). The molecule has 0 heterocycles. The van der Waals surface area contributed by atoms with Gasteiger partial charge in [-0.2, -0.15) is 0 Å². The van der Waals surface area contributed by atoms with Gasteiger partial charge in [-0.15, -0.1) is 0 Å². The molecule has 0 radical (unpaired) electrons. The molecule has 1 aromatic rings. The first-order valence-electron chi connectivity index (χ1n) is 5.22. The van der Waals surface area contributed by atoms with E-state index in [2.05, 4.69) is 4.72 Å². The SMILES string of the molecule is CCCS(=O)(=O)Nc1ccc(N(C)C)cc1. The van der Waals surface area contributed by atoms with Crippen molar-refractivity contribution in [1.82, 2.24) is 0 Å². The molecular weight excluding hydrogens is 224 g/mol. The van der Waals surface area contributed by atoms with Crippen LogP contribution in [0.5, 0.6) is 0 Å². The molecule has 0 fully saturated rings. The number of hydrogen-bond donors (Lipinski definition) is 1. The van der Waals surface area contributed by atoms with E-state index in [0.29, 0.717) is 12.1 Å². The van der Waals surface area contributed by atoms with Gasteiger partial charge in [0.05, 0.1) is 5.75 Å². The molecule has 0 aliphatic rings. The number of benzene rings is 1. The highest BCUT2D eigenvalue weighted by atomic mass is 32.2. The Morgan fingerprint density at radius 3 is 2.19 bits per heavy atom. The van der Waals surface area contributed by atoms with Crippen molar-refractivity contribution < 1.29 is 8.42 Å². The molecule has 0 aromatic heterocycles. The van der Waals surface area contributed by atoms with Crippen LogP contribution >= 0.6 is 0 Å². The molecule has 0 saturated carbocycles. The lowest BCUT2D eigenvalue weighted by molar-refractivity contribution is 0.600. The van der Waals surface area contributed by atoms with E-state index in [-0.39, 0.29) is 5.75 Å². The molecule has 0 atom stereocenters. The van der Waals surface area contributed by atoms with Crippen molar-refractivity contribution in [1.29, 1.82) is 0 Å². The minimum Gasteiger partial charge on any atom is -0.378 e. The van der Waals surface area contributed by atoms with Gasteiger partial charge >= 0.3 is 0 Å². The summed E-state index contributed by atoms with van der Waals surface area (Å²) in [6.45, 7) is 1.84. The Bertz CT molecular complexity index is 424. The zero-order chi connectivity index (χ0) is 12.2. The van der Waals surface area contributed by atoms with Crippen molar-refractivity contribution in [3.05, 3.63) is 24.3 Å². The Morgan fingerprint density at radius 2 is 1.75 bits per heavy atom. The summed E-state index contributed by atoms with van der Waals surface area (Å²) >= 11 is 0. The third-order valence-electron chi connectivity index (χ3n) is 2.13. The van der Waals surface area contributed by atoms with Crippen molar-refractivity contribution >= 4 is 21.4 Å². The lowest BCUT2D eigenvalue weighted by Crippen LogP contribution is -2.16. The van der Waals surface area contributed by atoms with E-state index in [1.807, 2.05) is 38.1 Å². The highest BCUT2D eigenvalue weighted by Gasteiger charge is 2.08. The molecule has 90 valence electrons. The quantitative estimate of drug-likeness (QED) is 0.858. The molecule has 0 unspecified atom stereocenters. The van der Waals surface area contributed by atoms with E-state index < -0.39 is 10.0 Å². The lowest BCUT2D eigenvalue weighted by Gasteiger charge is -2.13. The summed E-state index contributed by atoms with van der Waals surface area (Å²) in [4.78, 5) is 1.96. The van der Waals surface area contributed by atoms with Crippen LogP contribution in [0.4, 0.5) is 11.4 Å². The second kappa shape index (κ2) is 5.21. The van der Waals surface area contributed by atoms with Gasteiger partial charge in [0.15, 0.2) is 0 Å². The fraction of sp³-hybridized carbons (Fsp3) is 0.455. The molecule has 1 aromatic carbocycles. The first kappa shape index (κ1) is 12.8. The van der Waals surface area contributed by atoms with E-state index >= 15 is 0 Å². The minimum atomic E-state index is -3.18. The number of nitrogens with zero attached hydrogens (tertiary/aromatic N) is 1. The van der Waals surface area contributed by atoms with Crippen LogP contribution in [0.2, 0.25) is 0 Å². The number of rotatable bonds is 5. The van der Waals surface area contributed by atoms with E-state index in [9.17, 15) is 8.42 Å². The van der Waals surface area contributed by atoms with E-state index in [4.69, 9.17) is 0 Å². The third kappa shape index (κ3) is 3.73. The summed E-state index contributed by atoms with van der Waals surface area (Å²) in [6.07, 6.45) is 0.616. The van der Waals surface area contributed by atoms with Crippen molar-refractivity contribution in [2.24, 2.45) is 0 Å². The Kier molecular flexibility index (Phi) is 4.18. The maximum absolute atomic E-state index is 11.5. The van der Waals surface area contributed by atoms with Crippen LogP contribution in [0, 0.1) is 0 Å². The minimum absolute atomic E-state index is 0.155. The summed E-state index contributed by atoms with van der Waals surface area (Å²) in [6, 6.07) is 7.29. The number of nitrogens with one attached hydrogen (secondary N) is 1. The van der Waals surface area contributed by atoms with Gasteiger partial charge in [-0.1, -0.05) is 6.92 Å². The fourth-order valence-electron chi connectivity index (χ4n) is 1.33. The van der Waals surface area contributed by atoms with Gasteiger partial charge in [0.1, 0.15) is 0 Å². The zero-order valence-corrected chi connectivity index (χ0v) is 10.7. The first-order valence-corrected chi connectivity index (χ1v) is 6.87. The van der Waals surface area contributed by atoms with E-state index in [1.54, 1.807) is 12.1 Å². The van der Waals surface area contributed by atoms with Crippen LogP contribution in [0.15, 0.2) is 24.3 Å². The van der Waals surface area contributed by atoms with Crippen LogP contribution in [0.3, 0.4) is 0 Å². The fourth-order valence-corrected chi connectivity index (χ4v) is 2.46. The second-order valence-electron chi connectivity index (χ2n) is 3.86. The smallest absolute Gasteiger partial charge is 0.232 e. The molecular formula is C11H18N2O2S. The van der Waals surface area contributed by atoms with Gasteiger partial charge < -0.3 is 4.90 Å². The molecule has 0 aliphatic heterocycles. The molecule has 1 N–H and O–H groups in total. The number of sulfonamides is 1. The van der Waals surface area contributed by atoms with Gasteiger partial charge in [0.2, 0.25) is 10.0 Å². The average molecular weight is 242 g/mol. The Labute approximate surface area is 97.3 Å². The van der Waals surface area contributed by atoms with Gasteiger partial charge in [-0.05, 0) is 30.7 Å². The van der Waals surface area contributed by atoms with Crippen LogP contribution in [-0.4, -0.2) is 28.3 Å². The second-order valence-corrected chi connectivity index (χ2v) is 5.70. The molecule has 0 amide bonds. The summed E-state index contributed by atoms with van der Waals surface area (Å²) in [5.41, 5.74) is 1.65. The molecule has 4 nitrogen and oxygen atoms in total. The predicted molar refractivity (Wildman–Crippen MR) is 68.5 cm³/mol. The van der Waals surface area contributed by atoms with Gasteiger partial charge in [-0.3, -0.25) is 4.72 Å². The maximum atomic E-state index is 11.5. The predicted octanol–water partition coefficient (Wildman–Crippen LogP) is 1.90. The van der Waals surface area contributed by atoms with Crippen molar-refractivity contribution in [2.75, 3.05) is 29.5 Å². The highest BCUT2D eigenvalue weighted by Crippen LogP contribution is 2.16. The molecule has 5 heteroatoms. The van der Waals surface area contributed by atoms with Gasteiger partial charge in [0.25, 0.3) is 0 Å². The van der Waals surface area contributed by atoms with Crippen molar-refractivity contribution in [2.45, 2.75) is 13.3 Å². The van der Waals surface area contributed by atoms with Crippen LogP contribution in [0.1, 0.15) is 13.3 Å². The molecule has 0 spiro atoms. The standard InChI is InChI=1S/C11H18N2O2S/c1-4-9-16(14,15)12-10-5-7-11(8-6-10)13(2)3/h5-8,12H,4,9H2,1-3H3. The Hall–Kier alpha value is -1.23. The Balaban J connectivity index is 2.76. The van der Waals surface area contributed by atoms with Crippen LogP contribution in [-0.2, 0) is 10.0 Å². The molecule has 16 heavy (non-hydrogen) atoms. The van der Waals surface area contributed by atoms with Gasteiger partial charge in [-0.25, -0.2) is 8.42 Å². The largest absolute Gasteiger partial charge is 0.378 e.